The van der Waals surface area contributed by atoms with Crippen LogP contribution in [0.5, 0.6) is 5.75 Å². The SMILES string of the molecule is COc1ccc(-c2cc(C(=O)NCC(C)C)n(-c3ccccc3)n2)cc1. The summed E-state index contributed by atoms with van der Waals surface area (Å²) in [6.45, 7) is 4.76. The van der Waals surface area contributed by atoms with E-state index in [9.17, 15) is 4.79 Å². The highest BCUT2D eigenvalue weighted by Gasteiger charge is 2.17. The maximum absolute atomic E-state index is 12.7. The van der Waals surface area contributed by atoms with Gasteiger partial charge in [0, 0.05) is 12.1 Å². The lowest BCUT2D eigenvalue weighted by molar-refractivity contribution is 0.0941. The van der Waals surface area contributed by atoms with Crippen LogP contribution in [0.3, 0.4) is 0 Å². The Morgan fingerprint density at radius 1 is 1.12 bits per heavy atom. The Bertz CT molecular complexity index is 868. The molecule has 5 heteroatoms. The van der Waals surface area contributed by atoms with Gasteiger partial charge < -0.3 is 10.1 Å². The second-order valence-corrected chi connectivity index (χ2v) is 6.49. The molecule has 0 saturated carbocycles. The van der Waals surface area contributed by atoms with E-state index >= 15 is 0 Å². The van der Waals surface area contributed by atoms with Crippen LogP contribution in [0.25, 0.3) is 16.9 Å². The van der Waals surface area contributed by atoms with Crippen molar-refractivity contribution in [2.24, 2.45) is 5.92 Å². The minimum atomic E-state index is -0.130. The lowest BCUT2D eigenvalue weighted by Crippen LogP contribution is -2.29. The number of hydrogen-bond donors (Lipinski definition) is 1. The van der Waals surface area contributed by atoms with E-state index in [4.69, 9.17) is 4.74 Å². The van der Waals surface area contributed by atoms with Gasteiger partial charge in [0.1, 0.15) is 11.4 Å². The van der Waals surface area contributed by atoms with Gasteiger partial charge in [-0.15, -0.1) is 0 Å². The van der Waals surface area contributed by atoms with E-state index in [1.165, 1.54) is 0 Å². The molecule has 1 N–H and O–H groups in total. The lowest BCUT2D eigenvalue weighted by Gasteiger charge is -2.09. The van der Waals surface area contributed by atoms with Crippen LogP contribution in [0, 0.1) is 5.92 Å². The third-order valence-electron chi connectivity index (χ3n) is 4.00. The highest BCUT2D eigenvalue weighted by molar-refractivity contribution is 5.94. The van der Waals surface area contributed by atoms with E-state index in [-0.39, 0.29) is 5.91 Å². The number of carbonyl (C=O) groups excluding carboxylic acids is 1. The zero-order valence-corrected chi connectivity index (χ0v) is 15.3. The van der Waals surface area contributed by atoms with Crippen molar-refractivity contribution in [1.82, 2.24) is 15.1 Å². The number of carbonyl (C=O) groups is 1. The van der Waals surface area contributed by atoms with Crippen molar-refractivity contribution in [3.63, 3.8) is 0 Å². The monoisotopic (exact) mass is 349 g/mol. The summed E-state index contributed by atoms with van der Waals surface area (Å²) in [4.78, 5) is 12.7. The van der Waals surface area contributed by atoms with E-state index in [1.807, 2.05) is 60.7 Å². The van der Waals surface area contributed by atoms with Gasteiger partial charge in [0.05, 0.1) is 18.5 Å². The van der Waals surface area contributed by atoms with Crippen molar-refractivity contribution in [3.05, 3.63) is 66.4 Å². The molecular weight excluding hydrogens is 326 g/mol. The molecule has 26 heavy (non-hydrogen) atoms. The minimum absolute atomic E-state index is 0.130. The Morgan fingerprint density at radius 2 is 1.81 bits per heavy atom. The zero-order valence-electron chi connectivity index (χ0n) is 15.3. The first-order valence-corrected chi connectivity index (χ1v) is 8.66. The summed E-state index contributed by atoms with van der Waals surface area (Å²) in [6.07, 6.45) is 0. The van der Waals surface area contributed by atoms with Crippen LogP contribution >= 0.6 is 0 Å². The van der Waals surface area contributed by atoms with Gasteiger partial charge in [-0.25, -0.2) is 4.68 Å². The number of aromatic nitrogens is 2. The number of nitrogens with zero attached hydrogens (tertiary/aromatic N) is 2. The molecule has 0 radical (unpaired) electrons. The Balaban J connectivity index is 2.00. The molecule has 0 saturated heterocycles. The zero-order chi connectivity index (χ0) is 18.5. The van der Waals surface area contributed by atoms with Gasteiger partial charge in [-0.1, -0.05) is 32.0 Å². The third-order valence-corrected chi connectivity index (χ3v) is 4.00. The molecule has 3 aromatic rings. The summed E-state index contributed by atoms with van der Waals surface area (Å²) in [5.74, 6) is 1.04. The largest absolute Gasteiger partial charge is 0.497 e. The molecule has 0 unspecified atom stereocenters. The molecule has 0 bridgehead atoms. The van der Waals surface area contributed by atoms with Crippen molar-refractivity contribution >= 4 is 5.91 Å². The highest BCUT2D eigenvalue weighted by atomic mass is 16.5. The lowest BCUT2D eigenvalue weighted by atomic mass is 10.1. The maximum atomic E-state index is 12.7. The summed E-state index contributed by atoms with van der Waals surface area (Å²) >= 11 is 0. The number of rotatable bonds is 6. The van der Waals surface area contributed by atoms with Gasteiger partial charge in [-0.05, 0) is 48.4 Å². The molecule has 1 aromatic heterocycles. The summed E-state index contributed by atoms with van der Waals surface area (Å²) in [5, 5.41) is 7.64. The minimum Gasteiger partial charge on any atom is -0.497 e. The van der Waals surface area contributed by atoms with E-state index in [1.54, 1.807) is 11.8 Å². The van der Waals surface area contributed by atoms with Gasteiger partial charge in [0.2, 0.25) is 0 Å². The summed E-state index contributed by atoms with van der Waals surface area (Å²) in [6, 6.07) is 19.1. The molecule has 1 amide bonds. The second kappa shape index (κ2) is 7.87. The quantitative estimate of drug-likeness (QED) is 0.733. The van der Waals surface area contributed by atoms with Crippen molar-refractivity contribution in [2.75, 3.05) is 13.7 Å². The van der Waals surface area contributed by atoms with E-state index in [0.29, 0.717) is 18.2 Å². The Hall–Kier alpha value is -3.08. The summed E-state index contributed by atoms with van der Waals surface area (Å²) < 4.78 is 6.90. The first-order chi connectivity index (χ1) is 12.6. The van der Waals surface area contributed by atoms with Crippen LogP contribution in [0.15, 0.2) is 60.7 Å². The molecule has 1 heterocycles. The standard InChI is InChI=1S/C21H23N3O2/c1-15(2)14-22-21(25)20-13-19(16-9-11-18(26-3)12-10-16)23-24(20)17-7-5-4-6-8-17/h4-13,15H,14H2,1-3H3,(H,22,25). The molecular formula is C21H23N3O2. The fraction of sp³-hybridized carbons (Fsp3) is 0.238. The number of ether oxygens (including phenoxy) is 1. The average molecular weight is 349 g/mol. The fourth-order valence-electron chi connectivity index (χ4n) is 2.60. The third kappa shape index (κ3) is 3.94. The maximum Gasteiger partial charge on any atom is 0.270 e. The van der Waals surface area contributed by atoms with Crippen LogP contribution in [0.4, 0.5) is 0 Å². The van der Waals surface area contributed by atoms with Gasteiger partial charge in [0.15, 0.2) is 0 Å². The van der Waals surface area contributed by atoms with E-state index < -0.39 is 0 Å². The molecule has 0 aliphatic rings. The van der Waals surface area contributed by atoms with Crippen LogP contribution in [-0.2, 0) is 0 Å². The highest BCUT2D eigenvalue weighted by Crippen LogP contribution is 2.24. The van der Waals surface area contributed by atoms with Crippen LogP contribution in [0.2, 0.25) is 0 Å². The van der Waals surface area contributed by atoms with Gasteiger partial charge in [0.25, 0.3) is 5.91 Å². The van der Waals surface area contributed by atoms with Gasteiger partial charge in [-0.2, -0.15) is 5.10 Å². The molecule has 2 aromatic carbocycles. The fourth-order valence-corrected chi connectivity index (χ4v) is 2.60. The Kier molecular flexibility index (Phi) is 5.37. The topological polar surface area (TPSA) is 56.1 Å². The number of amides is 1. The molecule has 134 valence electrons. The number of para-hydroxylation sites is 1. The molecule has 0 aliphatic heterocycles. The van der Waals surface area contributed by atoms with Gasteiger partial charge >= 0.3 is 0 Å². The number of nitrogens with one attached hydrogen (secondary N) is 1. The molecule has 0 atom stereocenters. The van der Waals surface area contributed by atoms with E-state index in [0.717, 1.165) is 22.7 Å². The predicted octanol–water partition coefficient (Wildman–Crippen LogP) is 3.93. The van der Waals surface area contributed by atoms with E-state index in [2.05, 4.69) is 24.3 Å². The first kappa shape index (κ1) is 17.7. The number of benzene rings is 2. The molecule has 0 fully saturated rings. The normalized spacial score (nSPS) is 10.8. The predicted molar refractivity (Wildman–Crippen MR) is 103 cm³/mol. The Morgan fingerprint density at radius 3 is 2.42 bits per heavy atom. The first-order valence-electron chi connectivity index (χ1n) is 8.66. The van der Waals surface area contributed by atoms with Crippen molar-refractivity contribution in [2.45, 2.75) is 13.8 Å². The van der Waals surface area contributed by atoms with Crippen molar-refractivity contribution in [1.29, 1.82) is 0 Å². The molecule has 3 rings (SSSR count). The van der Waals surface area contributed by atoms with Crippen LogP contribution in [-0.4, -0.2) is 29.3 Å². The second-order valence-electron chi connectivity index (χ2n) is 6.49. The molecule has 5 nitrogen and oxygen atoms in total. The smallest absolute Gasteiger partial charge is 0.270 e. The van der Waals surface area contributed by atoms with Crippen molar-refractivity contribution in [3.8, 4) is 22.7 Å². The Labute approximate surface area is 153 Å². The van der Waals surface area contributed by atoms with Crippen LogP contribution < -0.4 is 10.1 Å². The molecule has 0 aliphatic carbocycles. The molecule has 0 spiro atoms. The van der Waals surface area contributed by atoms with Crippen LogP contribution in [0.1, 0.15) is 24.3 Å². The van der Waals surface area contributed by atoms with Crippen molar-refractivity contribution < 1.29 is 9.53 Å². The summed E-state index contributed by atoms with van der Waals surface area (Å²) in [7, 11) is 1.64. The number of methoxy groups -OCH3 is 1. The number of hydrogen-bond acceptors (Lipinski definition) is 3. The summed E-state index contributed by atoms with van der Waals surface area (Å²) in [5.41, 5.74) is 3.04. The van der Waals surface area contributed by atoms with Gasteiger partial charge in [-0.3, -0.25) is 4.79 Å². The average Bonchev–Trinajstić information content (AvgIpc) is 3.12.